The van der Waals surface area contributed by atoms with Crippen molar-refractivity contribution in [3.8, 4) is 0 Å². The first-order valence-electron chi connectivity index (χ1n) is 6.34. The molecule has 0 aromatic rings. The van der Waals surface area contributed by atoms with Gasteiger partial charge in [-0.3, -0.25) is 4.79 Å². The van der Waals surface area contributed by atoms with Crippen LogP contribution in [0.4, 0.5) is 0 Å². The van der Waals surface area contributed by atoms with E-state index in [2.05, 4.69) is 17.1 Å². The highest BCUT2D eigenvalue weighted by Crippen LogP contribution is 2.10. The average Bonchev–Trinajstić information content (AvgIpc) is 2.29. The van der Waals surface area contributed by atoms with Crippen molar-refractivity contribution >= 4 is 17.5 Å². The molecule has 0 radical (unpaired) electrons. The smallest absolute Gasteiger partial charge is 0.220 e. The van der Waals surface area contributed by atoms with Gasteiger partial charge < -0.3 is 10.2 Å². The van der Waals surface area contributed by atoms with Crippen LogP contribution in [0.3, 0.4) is 0 Å². The first-order chi connectivity index (χ1) is 7.76. The topological polar surface area (TPSA) is 32.3 Å². The van der Waals surface area contributed by atoms with E-state index in [0.29, 0.717) is 18.3 Å². The van der Waals surface area contributed by atoms with Crippen molar-refractivity contribution in [3.63, 3.8) is 0 Å². The molecule has 1 N–H and O–H groups in total. The molecule has 4 heteroatoms. The van der Waals surface area contributed by atoms with Gasteiger partial charge in [0.1, 0.15) is 0 Å². The standard InChI is InChI=1S/C12H23ClN2O/c1-2-15-9-5-6-11(10-15)14-12(16)7-3-4-8-13/h11H,2-10H2,1H3,(H,14,16). The van der Waals surface area contributed by atoms with E-state index in [1.807, 2.05) is 0 Å². The van der Waals surface area contributed by atoms with E-state index in [-0.39, 0.29) is 5.91 Å². The van der Waals surface area contributed by atoms with Crippen LogP contribution < -0.4 is 5.32 Å². The number of unbranched alkanes of at least 4 members (excludes halogenated alkanes) is 1. The summed E-state index contributed by atoms with van der Waals surface area (Å²) in [5.41, 5.74) is 0. The molecule has 1 atom stereocenters. The summed E-state index contributed by atoms with van der Waals surface area (Å²) >= 11 is 5.58. The lowest BCUT2D eigenvalue weighted by Crippen LogP contribution is -2.47. The average molecular weight is 247 g/mol. The number of nitrogens with one attached hydrogen (secondary N) is 1. The maximum Gasteiger partial charge on any atom is 0.220 e. The maximum absolute atomic E-state index is 11.6. The molecule has 1 amide bonds. The molecular weight excluding hydrogens is 224 g/mol. The van der Waals surface area contributed by atoms with E-state index < -0.39 is 0 Å². The lowest BCUT2D eigenvalue weighted by atomic mass is 10.1. The Kier molecular flexibility index (Phi) is 6.81. The third-order valence-electron chi connectivity index (χ3n) is 3.11. The maximum atomic E-state index is 11.6. The van der Waals surface area contributed by atoms with E-state index in [0.717, 1.165) is 32.4 Å². The van der Waals surface area contributed by atoms with Gasteiger partial charge in [-0.05, 0) is 38.8 Å². The van der Waals surface area contributed by atoms with Crippen molar-refractivity contribution in [1.82, 2.24) is 10.2 Å². The molecule has 16 heavy (non-hydrogen) atoms. The molecule has 1 aliphatic heterocycles. The van der Waals surface area contributed by atoms with Crippen molar-refractivity contribution < 1.29 is 4.79 Å². The van der Waals surface area contributed by atoms with Crippen molar-refractivity contribution in [1.29, 1.82) is 0 Å². The number of likely N-dealkylation sites (tertiary alicyclic amines) is 1. The number of nitrogens with zero attached hydrogens (tertiary/aromatic N) is 1. The summed E-state index contributed by atoms with van der Waals surface area (Å²) in [5, 5.41) is 3.12. The van der Waals surface area contributed by atoms with Gasteiger partial charge in [-0.25, -0.2) is 0 Å². The fourth-order valence-corrected chi connectivity index (χ4v) is 2.33. The molecule has 0 aliphatic carbocycles. The minimum Gasteiger partial charge on any atom is -0.352 e. The number of hydrogen-bond donors (Lipinski definition) is 1. The summed E-state index contributed by atoms with van der Waals surface area (Å²) in [6.07, 6.45) is 4.77. The molecule has 0 spiro atoms. The third kappa shape index (κ3) is 5.17. The van der Waals surface area contributed by atoms with E-state index in [1.54, 1.807) is 0 Å². The molecule has 1 saturated heterocycles. The highest BCUT2D eigenvalue weighted by molar-refractivity contribution is 6.17. The fourth-order valence-electron chi connectivity index (χ4n) is 2.14. The minimum atomic E-state index is 0.188. The van der Waals surface area contributed by atoms with Crippen LogP contribution in [0.1, 0.15) is 39.0 Å². The second-order valence-electron chi connectivity index (χ2n) is 4.45. The van der Waals surface area contributed by atoms with Crippen LogP contribution in [0.5, 0.6) is 0 Å². The van der Waals surface area contributed by atoms with Crippen LogP contribution in [0.15, 0.2) is 0 Å². The number of likely N-dealkylation sites (N-methyl/N-ethyl adjacent to an activating group) is 1. The van der Waals surface area contributed by atoms with Gasteiger partial charge in [0, 0.05) is 24.9 Å². The predicted octanol–water partition coefficient (Wildman–Crippen LogP) is 2.00. The Morgan fingerprint density at radius 2 is 2.31 bits per heavy atom. The lowest BCUT2D eigenvalue weighted by molar-refractivity contribution is -0.122. The van der Waals surface area contributed by atoms with Crippen LogP contribution in [0.25, 0.3) is 0 Å². The largest absolute Gasteiger partial charge is 0.352 e. The number of halogens is 1. The lowest BCUT2D eigenvalue weighted by Gasteiger charge is -2.32. The van der Waals surface area contributed by atoms with Gasteiger partial charge in [-0.2, -0.15) is 0 Å². The normalized spacial score (nSPS) is 22.0. The number of piperidine rings is 1. The number of carbonyl (C=O) groups excluding carboxylic acids is 1. The Morgan fingerprint density at radius 1 is 1.50 bits per heavy atom. The second-order valence-corrected chi connectivity index (χ2v) is 4.82. The molecule has 1 heterocycles. The molecule has 1 rings (SSSR count). The van der Waals surface area contributed by atoms with Gasteiger partial charge in [0.05, 0.1) is 0 Å². The van der Waals surface area contributed by atoms with Gasteiger partial charge in [-0.15, -0.1) is 11.6 Å². The summed E-state index contributed by atoms with van der Waals surface area (Å²) < 4.78 is 0. The molecular formula is C12H23ClN2O. The highest BCUT2D eigenvalue weighted by atomic mass is 35.5. The Hall–Kier alpha value is -0.280. The minimum absolute atomic E-state index is 0.188. The van der Waals surface area contributed by atoms with Gasteiger partial charge in [0.15, 0.2) is 0 Å². The van der Waals surface area contributed by atoms with Crippen molar-refractivity contribution in [2.75, 3.05) is 25.5 Å². The zero-order chi connectivity index (χ0) is 11.8. The zero-order valence-electron chi connectivity index (χ0n) is 10.2. The fraction of sp³-hybridized carbons (Fsp3) is 0.917. The first kappa shape index (κ1) is 13.8. The summed E-state index contributed by atoms with van der Waals surface area (Å²) in [5.74, 6) is 0.841. The van der Waals surface area contributed by atoms with E-state index in [9.17, 15) is 4.79 Å². The Labute approximate surface area is 104 Å². The summed E-state index contributed by atoms with van der Waals surface area (Å²) in [6.45, 7) is 5.44. The van der Waals surface area contributed by atoms with Gasteiger partial charge in [-0.1, -0.05) is 6.92 Å². The Balaban J connectivity index is 2.17. The summed E-state index contributed by atoms with van der Waals surface area (Å²) in [4.78, 5) is 14.0. The Bertz CT molecular complexity index is 211. The zero-order valence-corrected chi connectivity index (χ0v) is 10.9. The van der Waals surface area contributed by atoms with Crippen LogP contribution in [-0.2, 0) is 4.79 Å². The molecule has 0 aromatic carbocycles. The number of carbonyl (C=O) groups is 1. The summed E-state index contributed by atoms with van der Waals surface area (Å²) in [7, 11) is 0. The predicted molar refractivity (Wildman–Crippen MR) is 67.8 cm³/mol. The van der Waals surface area contributed by atoms with Crippen LogP contribution in [-0.4, -0.2) is 42.4 Å². The Morgan fingerprint density at radius 3 is 3.00 bits per heavy atom. The molecule has 3 nitrogen and oxygen atoms in total. The monoisotopic (exact) mass is 246 g/mol. The SMILES string of the molecule is CCN1CCCC(NC(=O)CCCCCl)C1. The van der Waals surface area contributed by atoms with Crippen molar-refractivity contribution in [3.05, 3.63) is 0 Å². The quantitative estimate of drug-likeness (QED) is 0.574. The third-order valence-corrected chi connectivity index (χ3v) is 3.37. The van der Waals surface area contributed by atoms with Crippen LogP contribution >= 0.6 is 11.6 Å². The van der Waals surface area contributed by atoms with Gasteiger partial charge in [0.25, 0.3) is 0 Å². The first-order valence-corrected chi connectivity index (χ1v) is 6.87. The second kappa shape index (κ2) is 7.91. The van der Waals surface area contributed by atoms with Crippen LogP contribution in [0.2, 0.25) is 0 Å². The number of rotatable bonds is 6. The van der Waals surface area contributed by atoms with Gasteiger partial charge in [0.2, 0.25) is 5.91 Å². The molecule has 1 aliphatic rings. The molecule has 0 aromatic heterocycles. The van der Waals surface area contributed by atoms with Crippen molar-refractivity contribution in [2.24, 2.45) is 0 Å². The van der Waals surface area contributed by atoms with Crippen molar-refractivity contribution in [2.45, 2.75) is 45.1 Å². The molecule has 0 saturated carbocycles. The number of alkyl halides is 1. The van der Waals surface area contributed by atoms with E-state index in [1.165, 1.54) is 13.0 Å². The van der Waals surface area contributed by atoms with E-state index in [4.69, 9.17) is 11.6 Å². The summed E-state index contributed by atoms with van der Waals surface area (Å²) in [6, 6.07) is 0.359. The number of amides is 1. The van der Waals surface area contributed by atoms with E-state index >= 15 is 0 Å². The molecule has 94 valence electrons. The molecule has 0 bridgehead atoms. The van der Waals surface area contributed by atoms with Gasteiger partial charge >= 0.3 is 0 Å². The number of hydrogen-bond acceptors (Lipinski definition) is 2. The highest BCUT2D eigenvalue weighted by Gasteiger charge is 2.19. The molecule has 1 fully saturated rings. The van der Waals surface area contributed by atoms with Crippen LogP contribution in [0, 0.1) is 0 Å². The molecule has 1 unspecified atom stereocenters.